The molecule has 2 aromatic carbocycles. The molecule has 0 radical (unpaired) electrons. The van der Waals surface area contributed by atoms with Crippen LogP contribution in [0, 0.1) is 25.2 Å². The Kier molecular flexibility index (Phi) is 3.64. The van der Waals surface area contributed by atoms with E-state index >= 15 is 0 Å². The van der Waals surface area contributed by atoms with Gasteiger partial charge in [-0.3, -0.25) is 0 Å². The molecule has 0 heterocycles. The molecule has 0 bridgehead atoms. The predicted molar refractivity (Wildman–Crippen MR) is 71.4 cm³/mol. The van der Waals surface area contributed by atoms with Crippen molar-refractivity contribution in [3.63, 3.8) is 0 Å². The van der Waals surface area contributed by atoms with Gasteiger partial charge in [0.25, 0.3) is 0 Å². The van der Waals surface area contributed by atoms with Gasteiger partial charge in [0.2, 0.25) is 0 Å². The lowest BCUT2D eigenvalue weighted by Gasteiger charge is -2.09. The number of benzene rings is 2. The molecule has 2 rings (SSSR count). The Hall–Kier alpha value is -2.27. The molecule has 0 N–H and O–H groups in total. The van der Waals surface area contributed by atoms with Gasteiger partial charge < -0.3 is 4.74 Å². The summed E-state index contributed by atoms with van der Waals surface area (Å²) >= 11 is 0. The molecule has 90 valence electrons. The summed E-state index contributed by atoms with van der Waals surface area (Å²) in [7, 11) is 0. The minimum atomic E-state index is 0.555. The van der Waals surface area contributed by atoms with Gasteiger partial charge in [-0.15, -0.1) is 0 Å². The van der Waals surface area contributed by atoms with E-state index in [2.05, 4.69) is 38.1 Å². The van der Waals surface area contributed by atoms with E-state index in [9.17, 15) is 0 Å². The van der Waals surface area contributed by atoms with Crippen LogP contribution in [0.5, 0.6) is 5.75 Å². The molecule has 0 aliphatic rings. The Morgan fingerprint density at radius 1 is 1.06 bits per heavy atom. The first-order valence-corrected chi connectivity index (χ1v) is 5.88. The van der Waals surface area contributed by atoms with Crippen LogP contribution in [0.3, 0.4) is 0 Å². The Morgan fingerprint density at radius 3 is 2.44 bits per heavy atom. The molecule has 0 saturated heterocycles. The fourth-order valence-electron chi connectivity index (χ4n) is 1.74. The summed E-state index contributed by atoms with van der Waals surface area (Å²) in [6, 6.07) is 15.6. The summed E-state index contributed by atoms with van der Waals surface area (Å²) in [4.78, 5) is 0. The molecule has 0 aliphatic carbocycles. The van der Waals surface area contributed by atoms with Gasteiger partial charge in [0.05, 0.1) is 11.6 Å². The second-order valence-corrected chi connectivity index (χ2v) is 4.35. The smallest absolute Gasteiger partial charge is 0.119 e. The zero-order chi connectivity index (χ0) is 13.0. The first-order chi connectivity index (χ1) is 8.69. The van der Waals surface area contributed by atoms with E-state index < -0.39 is 0 Å². The lowest BCUT2D eigenvalue weighted by Crippen LogP contribution is -1.98. The molecule has 0 spiro atoms. The third kappa shape index (κ3) is 2.89. The highest BCUT2D eigenvalue weighted by molar-refractivity contribution is 5.35. The van der Waals surface area contributed by atoms with Gasteiger partial charge in [-0.2, -0.15) is 5.26 Å². The van der Waals surface area contributed by atoms with Crippen molar-refractivity contribution in [3.8, 4) is 11.8 Å². The van der Waals surface area contributed by atoms with E-state index in [1.807, 2.05) is 12.1 Å². The van der Waals surface area contributed by atoms with Crippen molar-refractivity contribution in [2.75, 3.05) is 0 Å². The highest BCUT2D eigenvalue weighted by atomic mass is 16.5. The molecule has 0 saturated carbocycles. The van der Waals surface area contributed by atoms with Gasteiger partial charge in [0.1, 0.15) is 12.4 Å². The average molecular weight is 237 g/mol. The lowest BCUT2D eigenvalue weighted by molar-refractivity contribution is 0.305. The van der Waals surface area contributed by atoms with Crippen molar-refractivity contribution in [2.24, 2.45) is 0 Å². The Labute approximate surface area is 107 Å². The van der Waals surface area contributed by atoms with Crippen molar-refractivity contribution in [3.05, 3.63) is 64.7 Å². The van der Waals surface area contributed by atoms with E-state index in [4.69, 9.17) is 10.00 Å². The fraction of sp³-hybridized carbons (Fsp3) is 0.188. The molecule has 0 aromatic heterocycles. The zero-order valence-corrected chi connectivity index (χ0v) is 10.6. The quantitative estimate of drug-likeness (QED) is 0.814. The molecule has 0 aliphatic heterocycles. The lowest BCUT2D eigenvalue weighted by atomic mass is 10.1. The fourth-order valence-corrected chi connectivity index (χ4v) is 1.74. The number of ether oxygens (including phenoxy) is 1. The van der Waals surface area contributed by atoms with Crippen molar-refractivity contribution in [1.82, 2.24) is 0 Å². The number of hydrogen-bond donors (Lipinski definition) is 0. The van der Waals surface area contributed by atoms with E-state index in [1.54, 1.807) is 12.1 Å². The van der Waals surface area contributed by atoms with Crippen molar-refractivity contribution in [2.45, 2.75) is 20.5 Å². The van der Waals surface area contributed by atoms with Crippen LogP contribution < -0.4 is 4.74 Å². The summed E-state index contributed by atoms with van der Waals surface area (Å²) in [5.74, 6) is 0.787. The number of rotatable bonds is 3. The summed E-state index contributed by atoms with van der Waals surface area (Å²) in [6.45, 7) is 4.71. The van der Waals surface area contributed by atoms with Crippen LogP contribution in [0.4, 0.5) is 0 Å². The molecule has 2 heteroatoms. The minimum Gasteiger partial charge on any atom is -0.489 e. The molecule has 0 fully saturated rings. The first kappa shape index (κ1) is 12.2. The van der Waals surface area contributed by atoms with Crippen LogP contribution >= 0.6 is 0 Å². The second-order valence-electron chi connectivity index (χ2n) is 4.35. The maximum atomic E-state index is 8.71. The first-order valence-electron chi connectivity index (χ1n) is 5.88. The minimum absolute atomic E-state index is 0.555. The average Bonchev–Trinajstić information content (AvgIpc) is 2.40. The van der Waals surface area contributed by atoms with Gasteiger partial charge in [0.15, 0.2) is 0 Å². The highest BCUT2D eigenvalue weighted by Crippen LogP contribution is 2.16. The Bertz CT molecular complexity index is 579. The summed E-state index contributed by atoms with van der Waals surface area (Å²) in [5, 5.41) is 8.71. The third-order valence-corrected chi connectivity index (χ3v) is 2.88. The van der Waals surface area contributed by atoms with Gasteiger partial charge >= 0.3 is 0 Å². The van der Waals surface area contributed by atoms with Gasteiger partial charge in [-0.1, -0.05) is 23.8 Å². The van der Waals surface area contributed by atoms with Crippen molar-refractivity contribution < 1.29 is 4.74 Å². The highest BCUT2D eigenvalue weighted by Gasteiger charge is 2.00. The van der Waals surface area contributed by atoms with Crippen LogP contribution in [0.15, 0.2) is 42.5 Å². The Balaban J connectivity index is 2.07. The summed E-state index contributed by atoms with van der Waals surface area (Å²) < 4.78 is 5.72. The standard InChI is InChI=1S/C16H15NO/c1-12-3-4-13(2)15(9-12)11-18-16-7-5-14(10-17)6-8-16/h3-9H,11H2,1-2H3. The molecule has 2 aromatic rings. The SMILES string of the molecule is Cc1ccc(C)c(COc2ccc(C#N)cc2)c1. The molecule has 2 nitrogen and oxygen atoms in total. The molecular formula is C16H15NO. The monoisotopic (exact) mass is 237 g/mol. The normalized spacial score (nSPS) is 9.83. The molecule has 0 atom stereocenters. The largest absolute Gasteiger partial charge is 0.489 e. The maximum absolute atomic E-state index is 8.71. The number of hydrogen-bond acceptors (Lipinski definition) is 2. The molecular weight excluding hydrogens is 222 g/mol. The van der Waals surface area contributed by atoms with Crippen LogP contribution in [-0.2, 0) is 6.61 Å². The van der Waals surface area contributed by atoms with E-state index in [0.29, 0.717) is 12.2 Å². The predicted octanol–water partition coefficient (Wildman–Crippen LogP) is 3.75. The van der Waals surface area contributed by atoms with Gasteiger partial charge in [-0.25, -0.2) is 0 Å². The van der Waals surface area contributed by atoms with E-state index in [1.165, 1.54) is 16.7 Å². The second kappa shape index (κ2) is 5.37. The molecule has 0 unspecified atom stereocenters. The molecule has 0 amide bonds. The van der Waals surface area contributed by atoms with Crippen LogP contribution in [-0.4, -0.2) is 0 Å². The third-order valence-electron chi connectivity index (χ3n) is 2.88. The summed E-state index contributed by atoms with van der Waals surface area (Å²) in [6.07, 6.45) is 0. The van der Waals surface area contributed by atoms with E-state index in [0.717, 1.165) is 5.75 Å². The summed E-state index contributed by atoms with van der Waals surface area (Å²) in [5.41, 5.74) is 4.31. The Morgan fingerprint density at radius 2 is 1.78 bits per heavy atom. The van der Waals surface area contributed by atoms with Gasteiger partial charge in [-0.05, 0) is 49.2 Å². The van der Waals surface area contributed by atoms with Crippen LogP contribution in [0.2, 0.25) is 0 Å². The number of aryl methyl sites for hydroxylation is 2. The zero-order valence-electron chi connectivity index (χ0n) is 10.6. The van der Waals surface area contributed by atoms with E-state index in [-0.39, 0.29) is 0 Å². The van der Waals surface area contributed by atoms with Gasteiger partial charge in [0, 0.05) is 0 Å². The number of nitriles is 1. The van der Waals surface area contributed by atoms with Crippen molar-refractivity contribution >= 4 is 0 Å². The van der Waals surface area contributed by atoms with Crippen LogP contribution in [0.25, 0.3) is 0 Å². The van der Waals surface area contributed by atoms with Crippen LogP contribution in [0.1, 0.15) is 22.3 Å². The number of nitrogens with zero attached hydrogens (tertiary/aromatic N) is 1. The maximum Gasteiger partial charge on any atom is 0.119 e. The topological polar surface area (TPSA) is 33.0 Å². The molecule has 18 heavy (non-hydrogen) atoms. The van der Waals surface area contributed by atoms with Crippen molar-refractivity contribution in [1.29, 1.82) is 5.26 Å².